The van der Waals surface area contributed by atoms with Crippen molar-refractivity contribution in [1.29, 1.82) is 0 Å². The molecule has 0 saturated carbocycles. The third-order valence-electron chi connectivity index (χ3n) is 3.60. The molecule has 0 aliphatic carbocycles. The van der Waals surface area contributed by atoms with Crippen LogP contribution in [0.15, 0.2) is 48.5 Å². The van der Waals surface area contributed by atoms with Crippen molar-refractivity contribution in [2.45, 2.75) is 6.18 Å². The Bertz CT molecular complexity index is 1040. The first-order valence-corrected chi connectivity index (χ1v) is 8.71. The van der Waals surface area contributed by atoms with Crippen LogP contribution in [-0.2, 0) is 16.2 Å². The number of hydrogen-bond acceptors (Lipinski definition) is 3. The highest BCUT2D eigenvalue weighted by atomic mass is 32.2. The van der Waals surface area contributed by atoms with Gasteiger partial charge in [-0.25, -0.2) is 12.4 Å². The average molecular weight is 354 g/mol. The Kier molecular flexibility index (Phi) is 3.60. The molecule has 3 rings (SSSR count). The van der Waals surface area contributed by atoms with Gasteiger partial charge in [-0.2, -0.15) is 13.2 Å². The number of nitrogen functional groups attached to an aromatic ring is 1. The topological polar surface area (TPSA) is 65.1 Å². The Morgan fingerprint density at radius 2 is 1.75 bits per heavy atom. The summed E-state index contributed by atoms with van der Waals surface area (Å²) in [4.78, 5) is 0. The molecule has 0 spiro atoms. The molecule has 0 aliphatic rings. The maximum absolute atomic E-state index is 12.9. The lowest BCUT2D eigenvalue weighted by molar-refractivity contribution is -0.137. The number of anilines is 1. The third-order valence-corrected chi connectivity index (χ3v) is 4.66. The fourth-order valence-electron chi connectivity index (χ4n) is 2.62. The average Bonchev–Trinajstić information content (AvgIpc) is 2.85. The molecule has 0 amide bonds. The molecule has 24 heavy (non-hydrogen) atoms. The number of nitrogens with two attached hydrogens (primary N) is 1. The van der Waals surface area contributed by atoms with Gasteiger partial charge in [0.2, 0.25) is 10.0 Å². The highest BCUT2D eigenvalue weighted by Crippen LogP contribution is 2.35. The third kappa shape index (κ3) is 2.84. The fourth-order valence-corrected chi connectivity index (χ4v) is 3.66. The van der Waals surface area contributed by atoms with E-state index in [0.29, 0.717) is 16.6 Å². The molecule has 0 atom stereocenters. The second-order valence-electron chi connectivity index (χ2n) is 5.45. The van der Waals surface area contributed by atoms with Crippen molar-refractivity contribution in [3.05, 3.63) is 54.1 Å². The Morgan fingerprint density at radius 3 is 2.38 bits per heavy atom. The predicted molar refractivity (Wildman–Crippen MR) is 87.0 cm³/mol. The minimum absolute atomic E-state index is 0.157. The number of halogens is 3. The maximum Gasteiger partial charge on any atom is 0.416 e. The van der Waals surface area contributed by atoms with Crippen LogP contribution in [0.25, 0.3) is 22.2 Å². The molecular weight excluding hydrogens is 341 g/mol. The normalized spacial score (nSPS) is 12.7. The molecule has 0 unspecified atom stereocenters. The van der Waals surface area contributed by atoms with Gasteiger partial charge in [-0.05, 0) is 42.0 Å². The van der Waals surface area contributed by atoms with E-state index in [2.05, 4.69) is 0 Å². The first-order valence-electron chi connectivity index (χ1n) is 6.86. The van der Waals surface area contributed by atoms with E-state index in [0.717, 1.165) is 22.4 Å². The summed E-state index contributed by atoms with van der Waals surface area (Å²) in [6.45, 7) is 0. The van der Waals surface area contributed by atoms with Crippen LogP contribution in [0, 0.1) is 0 Å². The highest BCUT2D eigenvalue weighted by Gasteiger charge is 2.31. The van der Waals surface area contributed by atoms with Gasteiger partial charge in [-0.1, -0.05) is 12.1 Å². The zero-order chi connectivity index (χ0) is 17.7. The van der Waals surface area contributed by atoms with E-state index < -0.39 is 21.8 Å². The first-order chi connectivity index (χ1) is 11.1. The van der Waals surface area contributed by atoms with E-state index in [-0.39, 0.29) is 11.3 Å². The Hall–Kier alpha value is -2.48. The van der Waals surface area contributed by atoms with Crippen LogP contribution in [0.3, 0.4) is 0 Å². The quantitative estimate of drug-likeness (QED) is 0.714. The summed E-state index contributed by atoms with van der Waals surface area (Å²) < 4.78 is 64.2. The summed E-state index contributed by atoms with van der Waals surface area (Å²) in [7, 11) is -3.73. The van der Waals surface area contributed by atoms with E-state index in [1.807, 2.05) is 0 Å². The lowest BCUT2D eigenvalue weighted by atomic mass is 10.1. The Morgan fingerprint density at radius 1 is 1.04 bits per heavy atom. The van der Waals surface area contributed by atoms with Crippen molar-refractivity contribution in [2.75, 3.05) is 12.0 Å². The second-order valence-corrected chi connectivity index (χ2v) is 7.28. The molecule has 0 bridgehead atoms. The molecule has 1 aromatic heterocycles. The van der Waals surface area contributed by atoms with Gasteiger partial charge in [0.05, 0.1) is 23.0 Å². The number of fused-ring (bicyclic) bond motifs is 1. The number of aromatic nitrogens is 1. The molecule has 3 aromatic rings. The smallest absolute Gasteiger partial charge is 0.399 e. The molecule has 1 heterocycles. The zero-order valence-corrected chi connectivity index (χ0v) is 13.3. The number of nitrogens with zero attached hydrogens (tertiary/aromatic N) is 1. The van der Waals surface area contributed by atoms with Gasteiger partial charge >= 0.3 is 6.18 Å². The molecule has 0 radical (unpaired) electrons. The summed E-state index contributed by atoms with van der Waals surface area (Å²) in [5.41, 5.74) is 5.97. The van der Waals surface area contributed by atoms with Crippen LogP contribution in [0.4, 0.5) is 18.9 Å². The van der Waals surface area contributed by atoms with Crippen LogP contribution in [0.5, 0.6) is 0 Å². The molecule has 8 heteroatoms. The minimum Gasteiger partial charge on any atom is -0.399 e. The van der Waals surface area contributed by atoms with Crippen molar-refractivity contribution in [3.63, 3.8) is 0 Å². The fraction of sp³-hybridized carbons (Fsp3) is 0.125. The molecule has 126 valence electrons. The van der Waals surface area contributed by atoms with Crippen molar-refractivity contribution in [3.8, 4) is 11.3 Å². The van der Waals surface area contributed by atoms with Crippen LogP contribution < -0.4 is 5.73 Å². The minimum atomic E-state index is -4.51. The molecule has 4 nitrogen and oxygen atoms in total. The maximum atomic E-state index is 12.9. The van der Waals surface area contributed by atoms with Gasteiger partial charge in [0, 0.05) is 11.1 Å². The van der Waals surface area contributed by atoms with Gasteiger partial charge in [0.25, 0.3) is 0 Å². The van der Waals surface area contributed by atoms with Crippen molar-refractivity contribution in [1.82, 2.24) is 3.97 Å². The first kappa shape index (κ1) is 16.4. The lowest BCUT2D eigenvalue weighted by Crippen LogP contribution is -2.11. The zero-order valence-electron chi connectivity index (χ0n) is 12.5. The molecular formula is C16H13F3N2O2S. The van der Waals surface area contributed by atoms with E-state index in [9.17, 15) is 21.6 Å². The van der Waals surface area contributed by atoms with Gasteiger partial charge < -0.3 is 5.73 Å². The summed E-state index contributed by atoms with van der Waals surface area (Å²) >= 11 is 0. The van der Waals surface area contributed by atoms with Gasteiger partial charge in [0.15, 0.2) is 0 Å². The number of hydrogen-bond donors (Lipinski definition) is 1. The summed E-state index contributed by atoms with van der Waals surface area (Å²) in [6, 6.07) is 10.7. The largest absolute Gasteiger partial charge is 0.416 e. The molecule has 0 fully saturated rings. The van der Waals surface area contributed by atoms with E-state index in [4.69, 9.17) is 5.73 Å². The predicted octanol–water partition coefficient (Wildman–Crippen LogP) is 3.72. The number of benzene rings is 2. The second kappa shape index (κ2) is 5.27. The van der Waals surface area contributed by atoms with Gasteiger partial charge in [0.1, 0.15) is 0 Å². The standard InChI is InChI=1S/C16H13F3N2O2S/c1-24(22,23)21-14-6-5-13(20)8-11(14)9-15(21)10-3-2-4-12(7-10)16(17,18)19/h2-9H,20H2,1H3. The van der Waals surface area contributed by atoms with Gasteiger partial charge in [-0.15, -0.1) is 0 Å². The molecule has 0 saturated heterocycles. The number of rotatable bonds is 2. The lowest BCUT2D eigenvalue weighted by Gasteiger charge is -2.11. The summed E-state index contributed by atoms with van der Waals surface area (Å²) in [5.74, 6) is 0. The summed E-state index contributed by atoms with van der Waals surface area (Å²) in [6.07, 6.45) is -3.51. The summed E-state index contributed by atoms with van der Waals surface area (Å²) in [5, 5.41) is 0.535. The molecule has 2 N–H and O–H groups in total. The van der Waals surface area contributed by atoms with Crippen LogP contribution in [-0.4, -0.2) is 18.6 Å². The Labute approximate surface area is 136 Å². The van der Waals surface area contributed by atoms with Crippen LogP contribution in [0.2, 0.25) is 0 Å². The number of alkyl halides is 3. The van der Waals surface area contributed by atoms with E-state index >= 15 is 0 Å². The van der Waals surface area contributed by atoms with Crippen LogP contribution >= 0.6 is 0 Å². The monoisotopic (exact) mass is 354 g/mol. The van der Waals surface area contributed by atoms with Crippen molar-refractivity contribution >= 4 is 26.6 Å². The highest BCUT2D eigenvalue weighted by molar-refractivity contribution is 7.89. The molecule has 2 aromatic carbocycles. The van der Waals surface area contributed by atoms with Crippen molar-refractivity contribution < 1.29 is 21.6 Å². The molecule has 0 aliphatic heterocycles. The van der Waals surface area contributed by atoms with Crippen molar-refractivity contribution in [2.24, 2.45) is 0 Å². The van der Waals surface area contributed by atoms with Gasteiger partial charge in [-0.3, -0.25) is 0 Å². The van der Waals surface area contributed by atoms with E-state index in [1.54, 1.807) is 12.1 Å². The van der Waals surface area contributed by atoms with E-state index in [1.165, 1.54) is 24.3 Å². The van der Waals surface area contributed by atoms with Crippen LogP contribution in [0.1, 0.15) is 5.56 Å². The Balaban J connectivity index is 2.34. The SMILES string of the molecule is CS(=O)(=O)n1c(-c2cccc(C(F)(F)F)c2)cc2cc(N)ccc21.